The third kappa shape index (κ3) is 5.73. The molecule has 0 aliphatic carbocycles. The Bertz CT molecular complexity index is 850. The van der Waals surface area contributed by atoms with E-state index in [2.05, 4.69) is 5.32 Å². The molecule has 1 N–H and O–H groups in total. The summed E-state index contributed by atoms with van der Waals surface area (Å²) in [5, 5.41) is 3.35. The van der Waals surface area contributed by atoms with E-state index in [1.54, 1.807) is 19.1 Å². The van der Waals surface area contributed by atoms with Crippen LogP contribution in [0.2, 0.25) is 5.02 Å². The van der Waals surface area contributed by atoms with Crippen LogP contribution in [0.15, 0.2) is 48.5 Å². The molecular weight excluding hydrogens is 388 g/mol. The Morgan fingerprint density at radius 3 is 2.52 bits per heavy atom. The molecule has 0 saturated carbocycles. The second-order valence-electron chi connectivity index (χ2n) is 7.48. The molecule has 2 amide bonds. The molecule has 29 heavy (non-hydrogen) atoms. The number of carbonyl (C=O) groups is 2. The standard InChI is InChI=1S/C23H27ClN2O3/c1-16-10-11-19(24)21(14-16)29-17(2)22(27)25-20(15-18-8-4-3-5-9-18)23(28)26-12-6-7-13-26/h3-5,8-11,14,17,20H,6-7,12-13,15H2,1-2H3,(H,25,27). The zero-order chi connectivity index (χ0) is 20.8. The fraction of sp³-hybridized carbons (Fsp3) is 0.391. The number of ether oxygens (including phenoxy) is 1. The number of carbonyl (C=O) groups excluding carboxylic acids is 2. The average Bonchev–Trinajstić information content (AvgIpc) is 3.25. The highest BCUT2D eigenvalue weighted by Gasteiger charge is 2.29. The lowest BCUT2D eigenvalue weighted by atomic mass is 10.0. The smallest absolute Gasteiger partial charge is 0.261 e. The summed E-state index contributed by atoms with van der Waals surface area (Å²) in [4.78, 5) is 27.7. The van der Waals surface area contributed by atoms with Crippen molar-refractivity contribution in [3.63, 3.8) is 0 Å². The van der Waals surface area contributed by atoms with E-state index < -0.39 is 12.1 Å². The van der Waals surface area contributed by atoms with Crippen LogP contribution in [0.25, 0.3) is 0 Å². The van der Waals surface area contributed by atoms with E-state index in [-0.39, 0.29) is 11.8 Å². The Labute approximate surface area is 177 Å². The molecule has 1 saturated heterocycles. The summed E-state index contributed by atoms with van der Waals surface area (Å²) in [7, 11) is 0. The molecule has 2 aromatic rings. The number of aryl methyl sites for hydroxylation is 1. The van der Waals surface area contributed by atoms with Gasteiger partial charge in [0.05, 0.1) is 5.02 Å². The Balaban J connectivity index is 1.70. The van der Waals surface area contributed by atoms with Crippen LogP contribution in [-0.2, 0) is 16.0 Å². The van der Waals surface area contributed by atoms with Crippen molar-refractivity contribution < 1.29 is 14.3 Å². The molecule has 0 bridgehead atoms. The van der Waals surface area contributed by atoms with Crippen molar-refractivity contribution in [3.8, 4) is 5.75 Å². The highest BCUT2D eigenvalue weighted by atomic mass is 35.5. The van der Waals surface area contributed by atoms with Gasteiger partial charge in [-0.3, -0.25) is 9.59 Å². The van der Waals surface area contributed by atoms with Crippen molar-refractivity contribution in [1.29, 1.82) is 0 Å². The molecule has 2 atom stereocenters. The molecular formula is C23H27ClN2O3. The van der Waals surface area contributed by atoms with Crippen molar-refractivity contribution in [2.75, 3.05) is 13.1 Å². The predicted octanol–water partition coefficient (Wildman–Crippen LogP) is 3.77. The van der Waals surface area contributed by atoms with Crippen LogP contribution in [-0.4, -0.2) is 41.9 Å². The van der Waals surface area contributed by atoms with Crippen molar-refractivity contribution >= 4 is 23.4 Å². The zero-order valence-corrected chi connectivity index (χ0v) is 17.6. The normalized spacial score (nSPS) is 15.6. The summed E-state index contributed by atoms with van der Waals surface area (Å²) in [6.07, 6.45) is 1.67. The van der Waals surface area contributed by atoms with E-state index in [9.17, 15) is 9.59 Å². The molecule has 2 unspecified atom stereocenters. The largest absolute Gasteiger partial charge is 0.479 e. The first-order chi connectivity index (χ1) is 13.9. The lowest BCUT2D eigenvalue weighted by molar-refractivity contribution is -0.137. The van der Waals surface area contributed by atoms with Crippen molar-refractivity contribution in [2.45, 2.75) is 45.3 Å². The number of benzene rings is 2. The number of rotatable bonds is 7. The third-order valence-corrected chi connectivity index (χ3v) is 5.39. The topological polar surface area (TPSA) is 58.6 Å². The third-order valence-electron chi connectivity index (χ3n) is 5.07. The number of halogens is 1. The summed E-state index contributed by atoms with van der Waals surface area (Å²) >= 11 is 6.18. The van der Waals surface area contributed by atoms with Crippen molar-refractivity contribution in [3.05, 3.63) is 64.7 Å². The van der Waals surface area contributed by atoms with E-state index in [4.69, 9.17) is 16.3 Å². The molecule has 1 aliphatic rings. The number of nitrogens with one attached hydrogen (secondary N) is 1. The van der Waals surface area contributed by atoms with Gasteiger partial charge in [0.15, 0.2) is 6.10 Å². The first-order valence-electron chi connectivity index (χ1n) is 10.00. The van der Waals surface area contributed by atoms with Gasteiger partial charge in [0.1, 0.15) is 11.8 Å². The summed E-state index contributed by atoms with van der Waals surface area (Å²) in [5.41, 5.74) is 1.99. The maximum absolute atomic E-state index is 13.0. The fourth-order valence-electron chi connectivity index (χ4n) is 3.44. The van der Waals surface area contributed by atoms with Crippen LogP contribution in [0.3, 0.4) is 0 Å². The number of nitrogens with zero attached hydrogens (tertiary/aromatic N) is 1. The first-order valence-corrected chi connectivity index (χ1v) is 10.4. The Morgan fingerprint density at radius 2 is 1.83 bits per heavy atom. The lowest BCUT2D eigenvalue weighted by Gasteiger charge is -2.25. The maximum atomic E-state index is 13.0. The summed E-state index contributed by atoms with van der Waals surface area (Å²) < 4.78 is 5.78. The van der Waals surface area contributed by atoms with Gasteiger partial charge in [-0.2, -0.15) is 0 Å². The summed E-state index contributed by atoms with van der Waals surface area (Å²) in [6, 6.07) is 14.5. The second-order valence-corrected chi connectivity index (χ2v) is 7.88. The lowest BCUT2D eigenvalue weighted by Crippen LogP contribution is -2.51. The van der Waals surface area contributed by atoms with Crippen LogP contribution < -0.4 is 10.1 Å². The molecule has 1 fully saturated rings. The summed E-state index contributed by atoms with van der Waals surface area (Å²) in [6.45, 7) is 5.07. The van der Waals surface area contributed by atoms with Crippen LogP contribution in [0, 0.1) is 6.92 Å². The molecule has 154 valence electrons. The Hall–Kier alpha value is -2.53. The molecule has 5 nitrogen and oxygen atoms in total. The Morgan fingerprint density at radius 1 is 1.14 bits per heavy atom. The van der Waals surface area contributed by atoms with E-state index >= 15 is 0 Å². The highest BCUT2D eigenvalue weighted by Crippen LogP contribution is 2.26. The number of amides is 2. The van der Waals surface area contributed by atoms with Crippen LogP contribution in [0.5, 0.6) is 5.75 Å². The van der Waals surface area contributed by atoms with E-state index in [1.165, 1.54) is 0 Å². The van der Waals surface area contributed by atoms with Crippen LogP contribution in [0.1, 0.15) is 30.9 Å². The molecule has 0 aromatic heterocycles. The van der Waals surface area contributed by atoms with Crippen LogP contribution in [0.4, 0.5) is 0 Å². The minimum absolute atomic E-state index is 0.0412. The molecule has 0 radical (unpaired) electrons. The van der Waals surface area contributed by atoms with Gasteiger partial charge < -0.3 is 15.0 Å². The van der Waals surface area contributed by atoms with Gasteiger partial charge in [-0.05, 0) is 49.9 Å². The number of hydrogen-bond acceptors (Lipinski definition) is 3. The SMILES string of the molecule is Cc1ccc(Cl)c(OC(C)C(=O)NC(Cc2ccccc2)C(=O)N2CCCC2)c1. The van der Waals surface area contributed by atoms with E-state index in [1.807, 2.05) is 48.2 Å². The monoisotopic (exact) mass is 414 g/mol. The average molecular weight is 415 g/mol. The first kappa shape index (κ1) is 21.2. The quantitative estimate of drug-likeness (QED) is 0.750. The maximum Gasteiger partial charge on any atom is 0.261 e. The number of hydrogen-bond donors (Lipinski definition) is 1. The minimum atomic E-state index is -0.779. The van der Waals surface area contributed by atoms with E-state index in [0.717, 1.165) is 37.1 Å². The van der Waals surface area contributed by atoms with Gasteiger partial charge in [-0.15, -0.1) is 0 Å². The highest BCUT2D eigenvalue weighted by molar-refractivity contribution is 6.32. The molecule has 1 aliphatic heterocycles. The van der Waals surface area contributed by atoms with Crippen LogP contribution >= 0.6 is 11.6 Å². The van der Waals surface area contributed by atoms with Gasteiger partial charge in [0, 0.05) is 19.5 Å². The minimum Gasteiger partial charge on any atom is -0.479 e. The molecule has 1 heterocycles. The number of likely N-dealkylation sites (tertiary alicyclic amines) is 1. The molecule has 2 aromatic carbocycles. The summed E-state index contributed by atoms with van der Waals surface area (Å²) in [5.74, 6) is 0.0799. The van der Waals surface area contributed by atoms with Gasteiger partial charge in [0.25, 0.3) is 5.91 Å². The zero-order valence-electron chi connectivity index (χ0n) is 16.9. The van der Waals surface area contributed by atoms with Gasteiger partial charge >= 0.3 is 0 Å². The van der Waals surface area contributed by atoms with Gasteiger partial charge in [-0.25, -0.2) is 0 Å². The molecule has 6 heteroatoms. The second kappa shape index (κ2) is 9.79. The fourth-order valence-corrected chi connectivity index (χ4v) is 3.60. The van der Waals surface area contributed by atoms with Gasteiger partial charge in [-0.1, -0.05) is 48.0 Å². The molecule has 3 rings (SSSR count). The molecule has 0 spiro atoms. The van der Waals surface area contributed by atoms with E-state index in [0.29, 0.717) is 17.2 Å². The van der Waals surface area contributed by atoms with Crippen molar-refractivity contribution in [2.24, 2.45) is 0 Å². The van der Waals surface area contributed by atoms with Gasteiger partial charge in [0.2, 0.25) is 5.91 Å². The van der Waals surface area contributed by atoms with Crippen molar-refractivity contribution in [1.82, 2.24) is 10.2 Å². The predicted molar refractivity (Wildman–Crippen MR) is 114 cm³/mol. The Kier molecular flexibility index (Phi) is 7.15.